The fourth-order valence-electron chi connectivity index (χ4n) is 1.91. The Morgan fingerprint density at radius 3 is 2.95 bits per heavy atom. The number of nitrogens with two attached hydrogens (primary N) is 1. The molecule has 1 fully saturated rings. The summed E-state index contributed by atoms with van der Waals surface area (Å²) >= 11 is 6.81. The summed E-state index contributed by atoms with van der Waals surface area (Å²) in [6, 6.07) is 4.06. The number of nitrogen functional groups attached to an aromatic ring is 1. The topological polar surface area (TPSA) is 85.8 Å². The number of aromatic nitrogens is 3. The van der Waals surface area contributed by atoms with Crippen LogP contribution in [0.2, 0.25) is 5.02 Å². The maximum absolute atomic E-state index is 13.6. The Morgan fingerprint density at radius 2 is 2.27 bits per heavy atom. The fraction of sp³-hybridized carbons (Fsp3) is 0.308. The number of amides is 1. The Morgan fingerprint density at radius 1 is 1.50 bits per heavy atom. The van der Waals surface area contributed by atoms with Gasteiger partial charge in [0.2, 0.25) is 11.1 Å². The molecule has 1 amide bonds. The molecule has 116 valence electrons. The van der Waals surface area contributed by atoms with E-state index >= 15 is 0 Å². The van der Waals surface area contributed by atoms with E-state index in [1.807, 2.05) is 0 Å². The van der Waals surface area contributed by atoms with Gasteiger partial charge < -0.3 is 11.2 Å². The maximum Gasteiger partial charge on any atom is 0.234 e. The summed E-state index contributed by atoms with van der Waals surface area (Å²) in [6.45, 7) is 0. The highest BCUT2D eigenvalue weighted by Crippen LogP contribution is 2.39. The zero-order chi connectivity index (χ0) is 15.7. The number of hydrogen-bond acceptors (Lipinski definition) is 5. The average molecular weight is 342 g/mol. The van der Waals surface area contributed by atoms with Crippen LogP contribution in [0.25, 0.3) is 0 Å². The summed E-state index contributed by atoms with van der Waals surface area (Å²) in [4.78, 5) is 11.9. The second-order valence-corrected chi connectivity index (χ2v) is 6.33. The van der Waals surface area contributed by atoms with E-state index in [1.54, 1.807) is 0 Å². The predicted molar refractivity (Wildman–Crippen MR) is 82.9 cm³/mol. The summed E-state index contributed by atoms with van der Waals surface area (Å²) in [6.07, 6.45) is 2.13. The summed E-state index contributed by atoms with van der Waals surface area (Å²) in [7, 11) is 0. The van der Waals surface area contributed by atoms with Crippen molar-refractivity contribution in [3.8, 4) is 0 Å². The van der Waals surface area contributed by atoms with Crippen molar-refractivity contribution >= 4 is 35.0 Å². The molecule has 6 nitrogen and oxygen atoms in total. The Hall–Kier alpha value is -1.80. The van der Waals surface area contributed by atoms with Gasteiger partial charge in [0.1, 0.15) is 5.82 Å². The van der Waals surface area contributed by atoms with Gasteiger partial charge in [0.15, 0.2) is 5.82 Å². The van der Waals surface area contributed by atoms with E-state index in [4.69, 9.17) is 17.4 Å². The molecule has 0 radical (unpaired) electrons. The third-order valence-corrected chi connectivity index (χ3v) is 4.35. The molecule has 2 aromatic rings. The van der Waals surface area contributed by atoms with Crippen LogP contribution in [0, 0.1) is 5.82 Å². The van der Waals surface area contributed by atoms with Crippen LogP contribution >= 0.6 is 23.4 Å². The second-order valence-electron chi connectivity index (χ2n) is 4.95. The number of anilines is 1. The second kappa shape index (κ2) is 6.13. The molecule has 3 rings (SSSR count). The monoisotopic (exact) mass is 341 g/mol. The summed E-state index contributed by atoms with van der Waals surface area (Å²) < 4.78 is 15.0. The Kier molecular flexibility index (Phi) is 4.21. The fourth-order valence-corrected chi connectivity index (χ4v) is 2.74. The molecule has 1 aliphatic carbocycles. The van der Waals surface area contributed by atoms with Crippen LogP contribution in [0.1, 0.15) is 24.6 Å². The van der Waals surface area contributed by atoms with E-state index < -0.39 is 5.82 Å². The molecule has 1 aromatic heterocycles. The van der Waals surface area contributed by atoms with Crippen molar-refractivity contribution in [2.75, 3.05) is 16.9 Å². The van der Waals surface area contributed by atoms with Crippen LogP contribution < -0.4 is 11.2 Å². The van der Waals surface area contributed by atoms with Crippen molar-refractivity contribution in [3.05, 3.63) is 34.9 Å². The lowest BCUT2D eigenvalue weighted by molar-refractivity contribution is -0.113. The van der Waals surface area contributed by atoms with E-state index in [9.17, 15) is 9.18 Å². The zero-order valence-corrected chi connectivity index (χ0v) is 13.0. The summed E-state index contributed by atoms with van der Waals surface area (Å²) in [5.41, 5.74) is 0.0860. The first kappa shape index (κ1) is 15.1. The molecule has 0 bridgehead atoms. The van der Waals surface area contributed by atoms with Gasteiger partial charge in [-0.2, -0.15) is 0 Å². The minimum Gasteiger partial charge on any atom is -0.336 e. The molecule has 9 heteroatoms. The van der Waals surface area contributed by atoms with Crippen molar-refractivity contribution in [2.24, 2.45) is 0 Å². The molecular formula is C13H13ClFN5OS. The molecule has 1 aromatic carbocycles. The minimum absolute atomic E-state index is 0.0576. The number of nitrogens with zero attached hydrogens (tertiary/aromatic N) is 3. The molecule has 0 saturated heterocycles. The van der Waals surface area contributed by atoms with E-state index in [2.05, 4.69) is 15.5 Å². The first-order chi connectivity index (χ1) is 10.5. The zero-order valence-electron chi connectivity index (χ0n) is 11.4. The van der Waals surface area contributed by atoms with E-state index in [0.29, 0.717) is 11.1 Å². The first-order valence-corrected chi connectivity index (χ1v) is 7.99. The van der Waals surface area contributed by atoms with E-state index in [-0.39, 0.29) is 22.4 Å². The third kappa shape index (κ3) is 3.33. The number of carbonyl (C=O) groups excluding carboxylic acids is 1. The molecule has 22 heavy (non-hydrogen) atoms. The van der Waals surface area contributed by atoms with Gasteiger partial charge >= 0.3 is 0 Å². The highest BCUT2D eigenvalue weighted by molar-refractivity contribution is 7.99. The van der Waals surface area contributed by atoms with Crippen molar-refractivity contribution in [1.29, 1.82) is 0 Å². The van der Waals surface area contributed by atoms with Crippen molar-refractivity contribution in [2.45, 2.75) is 23.9 Å². The Balaban J connectivity index is 1.58. The van der Waals surface area contributed by atoms with Gasteiger partial charge in [0.25, 0.3) is 0 Å². The Bertz CT molecular complexity index is 718. The van der Waals surface area contributed by atoms with Crippen LogP contribution in [0.5, 0.6) is 0 Å². The molecular weight excluding hydrogens is 329 g/mol. The SMILES string of the molecule is Nn1c(SCC(=O)Nc2ccc(Cl)cc2F)nnc1C1CC1. The van der Waals surface area contributed by atoms with E-state index in [1.165, 1.54) is 16.8 Å². The number of halogens is 2. The quantitative estimate of drug-likeness (QED) is 0.644. The van der Waals surface area contributed by atoms with Crippen molar-refractivity contribution < 1.29 is 9.18 Å². The largest absolute Gasteiger partial charge is 0.336 e. The standard InChI is InChI=1S/C13H13ClFN5OS/c14-8-3-4-10(9(15)5-8)17-11(21)6-22-13-19-18-12(20(13)16)7-1-2-7/h3-5,7H,1-2,6,16H2,(H,17,21). The van der Waals surface area contributed by atoms with Crippen LogP contribution in [-0.4, -0.2) is 26.5 Å². The van der Waals surface area contributed by atoms with Crippen LogP contribution in [0.15, 0.2) is 23.4 Å². The predicted octanol–water partition coefficient (Wildman–Crippen LogP) is 2.39. The summed E-state index contributed by atoms with van der Waals surface area (Å²) in [5, 5.41) is 11.2. The summed E-state index contributed by atoms with van der Waals surface area (Å²) in [5.74, 6) is 6.13. The van der Waals surface area contributed by atoms with Gasteiger partial charge in [0, 0.05) is 10.9 Å². The number of hydrogen-bond donors (Lipinski definition) is 2. The molecule has 0 atom stereocenters. The van der Waals surface area contributed by atoms with Crippen molar-refractivity contribution in [1.82, 2.24) is 14.9 Å². The molecule has 0 aliphatic heterocycles. The number of rotatable bonds is 5. The lowest BCUT2D eigenvalue weighted by Crippen LogP contribution is -2.17. The van der Waals surface area contributed by atoms with Gasteiger partial charge in [-0.05, 0) is 31.0 Å². The molecule has 0 unspecified atom stereocenters. The Labute approximate surface area is 135 Å². The van der Waals surface area contributed by atoms with Gasteiger partial charge in [-0.15, -0.1) is 10.2 Å². The molecule has 1 heterocycles. The lowest BCUT2D eigenvalue weighted by Gasteiger charge is -2.06. The highest BCUT2D eigenvalue weighted by Gasteiger charge is 2.30. The van der Waals surface area contributed by atoms with Gasteiger partial charge in [-0.1, -0.05) is 23.4 Å². The molecule has 1 aliphatic rings. The number of benzene rings is 1. The lowest BCUT2D eigenvalue weighted by atomic mass is 10.3. The first-order valence-electron chi connectivity index (χ1n) is 6.62. The van der Waals surface area contributed by atoms with Crippen LogP contribution in [0.4, 0.5) is 10.1 Å². The highest BCUT2D eigenvalue weighted by atomic mass is 35.5. The number of carbonyl (C=O) groups is 1. The normalized spacial score (nSPS) is 14.1. The van der Waals surface area contributed by atoms with Gasteiger partial charge in [-0.3, -0.25) is 4.79 Å². The van der Waals surface area contributed by atoms with Gasteiger partial charge in [-0.25, -0.2) is 9.07 Å². The van der Waals surface area contributed by atoms with Crippen LogP contribution in [0.3, 0.4) is 0 Å². The minimum atomic E-state index is -0.580. The molecule has 0 spiro atoms. The number of thioether (sulfide) groups is 1. The maximum atomic E-state index is 13.6. The van der Waals surface area contributed by atoms with Crippen LogP contribution in [-0.2, 0) is 4.79 Å². The third-order valence-electron chi connectivity index (χ3n) is 3.17. The smallest absolute Gasteiger partial charge is 0.234 e. The average Bonchev–Trinajstić information content (AvgIpc) is 3.24. The number of nitrogens with one attached hydrogen (secondary N) is 1. The van der Waals surface area contributed by atoms with E-state index in [0.717, 1.165) is 36.5 Å². The molecule has 1 saturated carbocycles. The van der Waals surface area contributed by atoms with Crippen molar-refractivity contribution in [3.63, 3.8) is 0 Å². The van der Waals surface area contributed by atoms with Gasteiger partial charge in [0.05, 0.1) is 11.4 Å². The molecule has 3 N–H and O–H groups in total.